The number of nitrogens with zero attached hydrogens (tertiary/aromatic N) is 4. The fourth-order valence-corrected chi connectivity index (χ4v) is 4.19. The smallest absolute Gasteiger partial charge is 0.193 e. The first-order chi connectivity index (χ1) is 15.6. The van der Waals surface area contributed by atoms with Crippen LogP contribution in [0.2, 0.25) is 0 Å². The van der Waals surface area contributed by atoms with Gasteiger partial charge < -0.3 is 19.9 Å². The highest BCUT2D eigenvalue weighted by Crippen LogP contribution is 2.22. The highest BCUT2D eigenvalue weighted by molar-refractivity contribution is 5.85. The lowest BCUT2D eigenvalue weighted by Gasteiger charge is -2.22. The summed E-state index contributed by atoms with van der Waals surface area (Å²) in [7, 11) is 5.91. The lowest BCUT2D eigenvalue weighted by Crippen LogP contribution is -2.40. The summed E-state index contributed by atoms with van der Waals surface area (Å²) in [5.74, 6) is 2.44. The van der Waals surface area contributed by atoms with Crippen molar-refractivity contribution in [2.45, 2.75) is 19.6 Å². The molecule has 0 bridgehead atoms. The van der Waals surface area contributed by atoms with Gasteiger partial charge >= 0.3 is 0 Å². The van der Waals surface area contributed by atoms with E-state index in [1.54, 1.807) is 0 Å². The van der Waals surface area contributed by atoms with Gasteiger partial charge in [-0.3, -0.25) is 4.99 Å². The van der Waals surface area contributed by atoms with Crippen molar-refractivity contribution in [2.75, 3.05) is 45.7 Å². The number of hydrogen-bond acceptors (Lipinski definition) is 4. The molecule has 1 aliphatic rings. The molecule has 1 unspecified atom stereocenters. The van der Waals surface area contributed by atoms with Gasteiger partial charge in [-0.25, -0.2) is 4.98 Å². The van der Waals surface area contributed by atoms with Crippen molar-refractivity contribution in [3.05, 3.63) is 71.8 Å². The maximum Gasteiger partial charge on any atom is 0.193 e. The number of pyridine rings is 1. The van der Waals surface area contributed by atoms with E-state index in [9.17, 15) is 0 Å². The third-order valence-electron chi connectivity index (χ3n) is 5.95. The summed E-state index contributed by atoms with van der Waals surface area (Å²) in [6, 6.07) is 20.8. The summed E-state index contributed by atoms with van der Waals surface area (Å²) in [4.78, 5) is 13.7. The number of benzene rings is 2. The van der Waals surface area contributed by atoms with Gasteiger partial charge in [0.1, 0.15) is 5.82 Å². The summed E-state index contributed by atoms with van der Waals surface area (Å²) in [5, 5.41) is 4.75. The number of para-hydroxylation sites is 1. The molecule has 2 heterocycles. The normalized spacial score (nSPS) is 16.5. The van der Waals surface area contributed by atoms with Crippen LogP contribution in [0.1, 0.15) is 17.5 Å². The highest BCUT2D eigenvalue weighted by atomic mass is 16.5. The molecular weight excluding hydrogens is 398 g/mol. The number of hydrogen-bond donors (Lipinski definition) is 1. The van der Waals surface area contributed by atoms with Crippen LogP contribution >= 0.6 is 0 Å². The van der Waals surface area contributed by atoms with E-state index in [-0.39, 0.29) is 0 Å². The Balaban J connectivity index is 1.34. The molecule has 6 nitrogen and oxygen atoms in total. The number of guanidine groups is 1. The Hall–Kier alpha value is -3.12. The van der Waals surface area contributed by atoms with Crippen LogP contribution in [0.5, 0.6) is 0 Å². The molecule has 0 spiro atoms. The van der Waals surface area contributed by atoms with Crippen LogP contribution in [-0.2, 0) is 17.9 Å². The zero-order valence-electron chi connectivity index (χ0n) is 19.3. The largest absolute Gasteiger partial charge is 0.376 e. The van der Waals surface area contributed by atoms with Crippen molar-refractivity contribution >= 4 is 22.7 Å². The molecule has 32 heavy (non-hydrogen) atoms. The molecule has 0 radical (unpaired) electrons. The fourth-order valence-electron chi connectivity index (χ4n) is 4.19. The van der Waals surface area contributed by atoms with Crippen molar-refractivity contribution in [3.8, 4) is 0 Å². The van der Waals surface area contributed by atoms with Gasteiger partial charge in [-0.05, 0) is 29.7 Å². The van der Waals surface area contributed by atoms with Gasteiger partial charge in [0.15, 0.2) is 5.96 Å². The molecule has 6 heteroatoms. The number of nitrogens with one attached hydrogen (secondary N) is 1. The maximum atomic E-state index is 5.98. The molecule has 1 aromatic heterocycles. The van der Waals surface area contributed by atoms with Crippen molar-refractivity contribution < 1.29 is 4.74 Å². The van der Waals surface area contributed by atoms with E-state index in [4.69, 9.17) is 9.72 Å². The van der Waals surface area contributed by atoms with Crippen molar-refractivity contribution in [2.24, 2.45) is 10.9 Å². The van der Waals surface area contributed by atoms with Gasteiger partial charge in [-0.1, -0.05) is 48.5 Å². The molecule has 0 saturated carbocycles. The minimum absolute atomic E-state index is 0.527. The third-order valence-corrected chi connectivity index (χ3v) is 5.95. The van der Waals surface area contributed by atoms with E-state index < -0.39 is 0 Å². The second-order valence-electron chi connectivity index (χ2n) is 8.55. The number of fused-ring (bicyclic) bond motifs is 1. The van der Waals surface area contributed by atoms with E-state index in [1.807, 2.05) is 38.2 Å². The summed E-state index contributed by atoms with van der Waals surface area (Å²) < 4.78 is 5.98. The SMILES string of the molecule is CN=C(NCc1cc(N(C)C)nc2ccccc12)N1CCC(COCc2ccccc2)C1. The topological polar surface area (TPSA) is 53.0 Å². The number of anilines is 1. The van der Waals surface area contributed by atoms with Crippen LogP contribution in [0.25, 0.3) is 10.9 Å². The third kappa shape index (κ3) is 5.37. The van der Waals surface area contributed by atoms with E-state index in [1.165, 1.54) is 16.5 Å². The van der Waals surface area contributed by atoms with Crippen molar-refractivity contribution in [3.63, 3.8) is 0 Å². The molecule has 1 aliphatic heterocycles. The predicted molar refractivity (Wildman–Crippen MR) is 132 cm³/mol. The molecule has 3 aromatic rings. The van der Waals surface area contributed by atoms with Gasteiger partial charge in [0.25, 0.3) is 0 Å². The second kappa shape index (κ2) is 10.5. The van der Waals surface area contributed by atoms with E-state index in [2.05, 4.69) is 63.7 Å². The van der Waals surface area contributed by atoms with Crippen molar-refractivity contribution in [1.29, 1.82) is 0 Å². The summed E-state index contributed by atoms with van der Waals surface area (Å²) in [6.07, 6.45) is 1.12. The van der Waals surface area contributed by atoms with Crippen LogP contribution in [-0.4, -0.2) is 56.7 Å². The quantitative estimate of drug-likeness (QED) is 0.454. The van der Waals surface area contributed by atoms with Gasteiger partial charge in [-0.15, -0.1) is 0 Å². The highest BCUT2D eigenvalue weighted by Gasteiger charge is 2.25. The first-order valence-corrected chi connectivity index (χ1v) is 11.3. The fraction of sp³-hybridized carbons (Fsp3) is 0.385. The number of likely N-dealkylation sites (tertiary alicyclic amines) is 1. The molecular formula is C26H33N5O. The predicted octanol–water partition coefficient (Wildman–Crippen LogP) is 3.91. The monoisotopic (exact) mass is 431 g/mol. The molecule has 0 amide bonds. The molecule has 1 saturated heterocycles. The summed E-state index contributed by atoms with van der Waals surface area (Å²) in [5.41, 5.74) is 3.46. The van der Waals surface area contributed by atoms with Crippen LogP contribution in [0, 0.1) is 5.92 Å². The zero-order valence-corrected chi connectivity index (χ0v) is 19.3. The minimum Gasteiger partial charge on any atom is -0.376 e. The molecule has 0 aliphatic carbocycles. The van der Waals surface area contributed by atoms with E-state index >= 15 is 0 Å². The van der Waals surface area contributed by atoms with Gasteiger partial charge in [0.05, 0.1) is 18.7 Å². The molecule has 4 rings (SSSR count). The molecule has 1 N–H and O–H groups in total. The van der Waals surface area contributed by atoms with E-state index in [0.717, 1.165) is 43.4 Å². The lowest BCUT2D eigenvalue weighted by molar-refractivity contribution is 0.0906. The van der Waals surface area contributed by atoms with Crippen LogP contribution in [0.3, 0.4) is 0 Å². The Morgan fingerprint density at radius 1 is 1.16 bits per heavy atom. The van der Waals surface area contributed by atoms with Gasteiger partial charge in [0.2, 0.25) is 0 Å². The lowest BCUT2D eigenvalue weighted by atomic mass is 10.1. The van der Waals surface area contributed by atoms with Crippen LogP contribution in [0.4, 0.5) is 5.82 Å². The average molecular weight is 432 g/mol. The number of aliphatic imine (C=N–C) groups is 1. The first-order valence-electron chi connectivity index (χ1n) is 11.3. The van der Waals surface area contributed by atoms with E-state index in [0.29, 0.717) is 19.1 Å². The second-order valence-corrected chi connectivity index (χ2v) is 8.55. The summed E-state index contributed by atoms with van der Waals surface area (Å²) in [6.45, 7) is 4.13. The number of aromatic nitrogens is 1. The Morgan fingerprint density at radius 2 is 1.94 bits per heavy atom. The molecule has 2 aromatic carbocycles. The van der Waals surface area contributed by atoms with Crippen LogP contribution in [0.15, 0.2) is 65.7 Å². The Labute approximate surface area is 190 Å². The maximum absolute atomic E-state index is 5.98. The average Bonchev–Trinajstić information content (AvgIpc) is 3.28. The Bertz CT molecular complexity index is 1050. The first kappa shape index (κ1) is 22.1. The summed E-state index contributed by atoms with van der Waals surface area (Å²) >= 11 is 0. The molecule has 1 fully saturated rings. The number of rotatable bonds is 7. The zero-order chi connectivity index (χ0) is 22.3. The minimum atomic E-state index is 0.527. The molecule has 168 valence electrons. The Kier molecular flexibility index (Phi) is 7.22. The van der Waals surface area contributed by atoms with Gasteiger partial charge in [-0.2, -0.15) is 0 Å². The Morgan fingerprint density at radius 3 is 2.72 bits per heavy atom. The molecule has 1 atom stereocenters. The number of ether oxygens (including phenoxy) is 1. The van der Waals surface area contributed by atoms with Crippen LogP contribution < -0.4 is 10.2 Å². The standard InChI is InChI=1S/C26H33N5O/c1-27-26(31-14-13-21(17-31)19-32-18-20-9-5-4-6-10-20)28-16-22-15-25(30(2)3)29-24-12-8-7-11-23(22)24/h4-12,15,21H,13-14,16-19H2,1-3H3,(H,27,28). The van der Waals surface area contributed by atoms with Gasteiger partial charge in [0, 0.05) is 52.1 Å². The van der Waals surface area contributed by atoms with Crippen molar-refractivity contribution in [1.82, 2.24) is 15.2 Å².